The van der Waals surface area contributed by atoms with E-state index in [-0.39, 0.29) is 31.3 Å². The van der Waals surface area contributed by atoms with Crippen molar-refractivity contribution >= 4 is 23.9 Å². The van der Waals surface area contributed by atoms with Gasteiger partial charge in [-0.25, -0.2) is 4.79 Å². The molecule has 2 aromatic carbocycles. The fraction of sp³-hybridized carbons (Fsp3) is 0.484. The average Bonchev–Trinajstić information content (AvgIpc) is 2.98. The highest BCUT2D eigenvalue weighted by molar-refractivity contribution is 5.90. The van der Waals surface area contributed by atoms with E-state index in [4.69, 9.17) is 9.47 Å². The Kier molecular flexibility index (Phi) is 14.9. The van der Waals surface area contributed by atoms with Gasteiger partial charge in [0.2, 0.25) is 11.8 Å². The largest absolute Gasteiger partial charge is 0.497 e. The number of amides is 3. The number of rotatable bonds is 18. The number of hydrogen-bond acceptors (Lipinski definition) is 7. The predicted octanol–water partition coefficient (Wildman–Crippen LogP) is 3.02. The van der Waals surface area contributed by atoms with Gasteiger partial charge in [0.25, 0.3) is 0 Å². The van der Waals surface area contributed by atoms with Crippen LogP contribution in [0.5, 0.6) is 5.75 Å². The number of likely N-dealkylation sites (N-methyl/N-ethyl adjacent to an activating group) is 1. The minimum Gasteiger partial charge on any atom is -0.497 e. The van der Waals surface area contributed by atoms with Gasteiger partial charge in [-0.05, 0) is 54.9 Å². The highest BCUT2D eigenvalue weighted by Gasteiger charge is 2.29. The molecule has 0 radical (unpaired) electrons. The zero-order valence-corrected chi connectivity index (χ0v) is 24.9. The van der Waals surface area contributed by atoms with Crippen LogP contribution in [-0.4, -0.2) is 67.8 Å². The molecule has 0 heterocycles. The van der Waals surface area contributed by atoms with Crippen molar-refractivity contribution in [3.05, 3.63) is 65.7 Å². The van der Waals surface area contributed by atoms with Crippen LogP contribution in [0.25, 0.3) is 0 Å². The standard InChI is InChI=1S/C31H44N4O7/c1-21(2)18-26(29(37)35-27(28(36)32-3)19-22-13-15-24(41-4)16-14-22)34-25(30(38)39)12-8-9-17-33-31(40)42-20-23-10-6-5-7-11-23/h5-7,10-11,13-16,21,25-27,34H,8-9,12,17-20H2,1-4H3,(H,32,36)(H,33,40)(H,35,37)(H,38,39)/t25-,26+,27+/m1/s1. The molecule has 0 aliphatic carbocycles. The zero-order chi connectivity index (χ0) is 30.9. The maximum absolute atomic E-state index is 13.3. The monoisotopic (exact) mass is 584 g/mol. The molecule has 5 N–H and O–H groups in total. The quantitative estimate of drug-likeness (QED) is 0.168. The van der Waals surface area contributed by atoms with E-state index in [1.54, 1.807) is 19.2 Å². The van der Waals surface area contributed by atoms with Gasteiger partial charge in [-0.3, -0.25) is 19.7 Å². The van der Waals surface area contributed by atoms with Crippen LogP contribution in [0.3, 0.4) is 0 Å². The first kappa shape index (κ1) is 34.1. The molecule has 2 aromatic rings. The van der Waals surface area contributed by atoms with Gasteiger partial charge in [-0.15, -0.1) is 0 Å². The summed E-state index contributed by atoms with van der Waals surface area (Å²) in [6, 6.07) is 13.9. The van der Waals surface area contributed by atoms with Crippen LogP contribution in [0.2, 0.25) is 0 Å². The normalized spacial score (nSPS) is 13.0. The summed E-state index contributed by atoms with van der Waals surface area (Å²) in [7, 11) is 3.06. The Labute approximate surface area is 247 Å². The molecule has 0 bridgehead atoms. The van der Waals surface area contributed by atoms with Gasteiger partial charge in [0.1, 0.15) is 24.4 Å². The van der Waals surface area contributed by atoms with Crippen molar-refractivity contribution in [2.45, 2.75) is 70.7 Å². The van der Waals surface area contributed by atoms with Crippen LogP contribution in [0.1, 0.15) is 50.7 Å². The molecule has 0 saturated carbocycles. The van der Waals surface area contributed by atoms with Crippen molar-refractivity contribution in [2.75, 3.05) is 20.7 Å². The molecule has 0 fully saturated rings. The summed E-state index contributed by atoms with van der Waals surface area (Å²) in [6.45, 7) is 4.37. The SMILES string of the molecule is CNC(=O)[C@H](Cc1ccc(OC)cc1)NC(=O)[C@H](CC(C)C)N[C@H](CCCCNC(=O)OCc1ccccc1)C(=O)O. The Balaban J connectivity index is 1.91. The van der Waals surface area contributed by atoms with E-state index in [2.05, 4.69) is 21.3 Å². The molecule has 0 spiro atoms. The molecule has 0 saturated heterocycles. The number of carboxylic acids is 1. The highest BCUT2D eigenvalue weighted by atomic mass is 16.5. The van der Waals surface area contributed by atoms with Crippen LogP contribution in [0.15, 0.2) is 54.6 Å². The van der Waals surface area contributed by atoms with Gasteiger partial charge < -0.3 is 30.5 Å². The van der Waals surface area contributed by atoms with Crippen molar-refractivity contribution in [2.24, 2.45) is 5.92 Å². The number of carbonyl (C=O) groups is 4. The first-order chi connectivity index (χ1) is 20.1. The average molecular weight is 585 g/mol. The Hall–Kier alpha value is -4.12. The molecule has 0 aromatic heterocycles. The fourth-order valence-corrected chi connectivity index (χ4v) is 4.33. The molecule has 230 valence electrons. The maximum Gasteiger partial charge on any atom is 0.407 e. The summed E-state index contributed by atoms with van der Waals surface area (Å²) in [6.07, 6.45) is 1.38. The summed E-state index contributed by atoms with van der Waals surface area (Å²) in [5.74, 6) is -1.10. The third-order valence-corrected chi connectivity index (χ3v) is 6.60. The summed E-state index contributed by atoms with van der Waals surface area (Å²) in [4.78, 5) is 49.9. The number of ether oxygens (including phenoxy) is 2. The Morgan fingerprint density at radius 3 is 2.14 bits per heavy atom. The molecule has 11 nitrogen and oxygen atoms in total. The van der Waals surface area contributed by atoms with Gasteiger partial charge in [0.15, 0.2) is 0 Å². The van der Waals surface area contributed by atoms with E-state index < -0.39 is 36.1 Å². The molecular weight excluding hydrogens is 540 g/mol. The van der Waals surface area contributed by atoms with Crippen LogP contribution in [-0.2, 0) is 32.1 Å². The van der Waals surface area contributed by atoms with Gasteiger partial charge in [0.05, 0.1) is 13.2 Å². The predicted molar refractivity (Wildman–Crippen MR) is 159 cm³/mol. The molecule has 3 amide bonds. The lowest BCUT2D eigenvalue weighted by Gasteiger charge is -2.26. The topological polar surface area (TPSA) is 155 Å². The van der Waals surface area contributed by atoms with Gasteiger partial charge in [-0.2, -0.15) is 0 Å². The van der Waals surface area contributed by atoms with Crippen molar-refractivity contribution in [1.29, 1.82) is 0 Å². The number of methoxy groups -OCH3 is 1. The molecule has 0 aliphatic heterocycles. The minimum absolute atomic E-state index is 0.0915. The zero-order valence-electron chi connectivity index (χ0n) is 24.9. The molecular formula is C31H44N4O7. The summed E-state index contributed by atoms with van der Waals surface area (Å²) in [5.41, 5.74) is 1.71. The Morgan fingerprint density at radius 2 is 1.55 bits per heavy atom. The fourth-order valence-electron chi connectivity index (χ4n) is 4.33. The van der Waals surface area contributed by atoms with Gasteiger partial charge in [-0.1, -0.05) is 56.3 Å². The molecule has 2 rings (SSSR count). The number of nitrogens with one attached hydrogen (secondary N) is 4. The van der Waals surface area contributed by atoms with Crippen molar-refractivity contribution in [3.8, 4) is 5.75 Å². The molecule has 11 heteroatoms. The number of aliphatic carboxylic acids is 1. The lowest BCUT2D eigenvalue weighted by molar-refractivity contribution is -0.140. The van der Waals surface area contributed by atoms with Crippen molar-refractivity contribution in [3.63, 3.8) is 0 Å². The van der Waals surface area contributed by atoms with E-state index in [1.807, 2.05) is 56.3 Å². The second-order valence-electron chi connectivity index (χ2n) is 10.5. The molecule has 0 unspecified atom stereocenters. The lowest BCUT2D eigenvalue weighted by atomic mass is 9.99. The minimum atomic E-state index is -1.08. The van der Waals surface area contributed by atoms with Crippen LogP contribution in [0, 0.1) is 5.92 Å². The van der Waals surface area contributed by atoms with Crippen LogP contribution in [0.4, 0.5) is 4.79 Å². The smallest absolute Gasteiger partial charge is 0.407 e. The van der Waals surface area contributed by atoms with Crippen molar-refractivity contribution < 1.29 is 33.8 Å². The summed E-state index contributed by atoms with van der Waals surface area (Å²) < 4.78 is 10.4. The van der Waals surface area contributed by atoms with E-state index in [1.165, 1.54) is 7.05 Å². The van der Waals surface area contributed by atoms with Crippen molar-refractivity contribution in [1.82, 2.24) is 21.3 Å². The third-order valence-electron chi connectivity index (χ3n) is 6.60. The Morgan fingerprint density at radius 1 is 0.857 bits per heavy atom. The second kappa shape index (κ2) is 18.3. The summed E-state index contributed by atoms with van der Waals surface area (Å²) in [5, 5.41) is 20.9. The van der Waals surface area contributed by atoms with E-state index in [0.29, 0.717) is 31.6 Å². The Bertz CT molecular complexity index is 1130. The highest BCUT2D eigenvalue weighted by Crippen LogP contribution is 2.14. The van der Waals surface area contributed by atoms with Crippen LogP contribution < -0.4 is 26.0 Å². The number of carbonyl (C=O) groups excluding carboxylic acids is 3. The van der Waals surface area contributed by atoms with E-state index in [0.717, 1.165) is 11.1 Å². The number of carboxylic acid groups (broad SMARTS) is 1. The van der Waals surface area contributed by atoms with E-state index in [9.17, 15) is 24.3 Å². The number of unbranched alkanes of at least 4 members (excludes halogenated alkanes) is 1. The first-order valence-corrected chi connectivity index (χ1v) is 14.2. The lowest BCUT2D eigenvalue weighted by Crippen LogP contribution is -2.56. The number of benzene rings is 2. The first-order valence-electron chi connectivity index (χ1n) is 14.2. The molecule has 0 aliphatic rings. The molecule has 42 heavy (non-hydrogen) atoms. The number of alkyl carbamates (subject to hydrolysis) is 1. The second-order valence-corrected chi connectivity index (χ2v) is 10.5. The third kappa shape index (κ3) is 12.6. The molecule has 3 atom stereocenters. The summed E-state index contributed by atoms with van der Waals surface area (Å²) >= 11 is 0. The van der Waals surface area contributed by atoms with E-state index >= 15 is 0 Å². The van der Waals surface area contributed by atoms with Gasteiger partial charge in [0, 0.05) is 20.0 Å². The maximum atomic E-state index is 13.3. The number of hydrogen-bond donors (Lipinski definition) is 5. The van der Waals surface area contributed by atoms with Gasteiger partial charge >= 0.3 is 12.1 Å². The van der Waals surface area contributed by atoms with Crippen LogP contribution >= 0.6 is 0 Å².